The van der Waals surface area contributed by atoms with Crippen LogP contribution in [0.4, 0.5) is 10.1 Å². The summed E-state index contributed by atoms with van der Waals surface area (Å²) in [6.45, 7) is 3.06. The molecule has 0 aliphatic carbocycles. The van der Waals surface area contributed by atoms with Crippen molar-refractivity contribution < 1.29 is 9.18 Å². The fourth-order valence-corrected chi connectivity index (χ4v) is 1.76. The van der Waals surface area contributed by atoms with E-state index in [1.165, 1.54) is 12.1 Å². The van der Waals surface area contributed by atoms with E-state index in [1.54, 1.807) is 6.07 Å². The molecule has 0 radical (unpaired) electrons. The van der Waals surface area contributed by atoms with Crippen LogP contribution >= 0.6 is 0 Å². The van der Waals surface area contributed by atoms with Crippen molar-refractivity contribution in [2.24, 2.45) is 0 Å². The third kappa shape index (κ3) is 1.62. The van der Waals surface area contributed by atoms with E-state index in [0.29, 0.717) is 19.5 Å². The van der Waals surface area contributed by atoms with Gasteiger partial charge in [0.1, 0.15) is 5.82 Å². The molecule has 0 amide bonds. The maximum Gasteiger partial charge on any atom is 0.153 e. The van der Waals surface area contributed by atoms with Gasteiger partial charge in [-0.25, -0.2) is 4.39 Å². The van der Waals surface area contributed by atoms with Crippen LogP contribution in [0.2, 0.25) is 0 Å². The number of hydrogen-bond donors (Lipinski definition) is 0. The van der Waals surface area contributed by atoms with Gasteiger partial charge in [-0.05, 0) is 24.6 Å². The van der Waals surface area contributed by atoms with Crippen molar-refractivity contribution in [2.75, 3.05) is 18.0 Å². The molecule has 0 spiro atoms. The molecular weight excluding hydrogens is 181 g/mol. The zero-order valence-corrected chi connectivity index (χ0v) is 8.09. The molecule has 1 aliphatic rings. The lowest BCUT2D eigenvalue weighted by atomic mass is 10.2. The van der Waals surface area contributed by atoms with Crippen LogP contribution in [0.25, 0.3) is 0 Å². The molecule has 1 heterocycles. The van der Waals surface area contributed by atoms with Crippen LogP contribution in [0.15, 0.2) is 18.2 Å². The maximum atomic E-state index is 13.0. The number of aryl methyl sites for hydroxylation is 1. The van der Waals surface area contributed by atoms with Crippen LogP contribution in [-0.4, -0.2) is 18.9 Å². The van der Waals surface area contributed by atoms with E-state index in [2.05, 4.69) is 0 Å². The van der Waals surface area contributed by atoms with Crippen LogP contribution in [-0.2, 0) is 4.79 Å². The molecule has 2 rings (SSSR count). The minimum atomic E-state index is -0.245. The first-order chi connectivity index (χ1) is 6.66. The van der Waals surface area contributed by atoms with Crippen molar-refractivity contribution in [1.82, 2.24) is 0 Å². The number of halogens is 1. The van der Waals surface area contributed by atoms with E-state index in [0.717, 1.165) is 11.3 Å². The maximum absolute atomic E-state index is 13.0. The minimum Gasteiger partial charge on any atom is -0.363 e. The summed E-state index contributed by atoms with van der Waals surface area (Å²) in [5.74, 6) is -0.0152. The summed E-state index contributed by atoms with van der Waals surface area (Å²) >= 11 is 0. The van der Waals surface area contributed by atoms with E-state index >= 15 is 0 Å². The summed E-state index contributed by atoms with van der Waals surface area (Å²) in [5.41, 5.74) is 1.86. The van der Waals surface area contributed by atoms with E-state index in [9.17, 15) is 9.18 Å². The fraction of sp³-hybridized carbons (Fsp3) is 0.364. The normalized spacial score (nSPS) is 16.4. The van der Waals surface area contributed by atoms with Gasteiger partial charge in [-0.15, -0.1) is 0 Å². The Morgan fingerprint density at radius 2 is 2.21 bits per heavy atom. The summed E-state index contributed by atoms with van der Waals surface area (Å²) in [6, 6.07) is 4.68. The Morgan fingerprint density at radius 3 is 2.86 bits per heavy atom. The van der Waals surface area contributed by atoms with Gasteiger partial charge < -0.3 is 4.90 Å². The molecular formula is C11H12FNO. The van der Waals surface area contributed by atoms with Crippen molar-refractivity contribution in [1.29, 1.82) is 0 Å². The molecule has 1 fully saturated rings. The molecule has 0 atom stereocenters. The zero-order chi connectivity index (χ0) is 10.1. The molecule has 1 aliphatic heterocycles. The average Bonchev–Trinajstić information content (AvgIpc) is 2.56. The summed E-state index contributed by atoms with van der Waals surface area (Å²) in [4.78, 5) is 13.0. The molecule has 1 aromatic rings. The first kappa shape index (κ1) is 9.19. The Hall–Kier alpha value is -1.38. The minimum absolute atomic E-state index is 0.230. The largest absolute Gasteiger partial charge is 0.363 e. The second-order valence-corrected chi connectivity index (χ2v) is 3.64. The van der Waals surface area contributed by atoms with Crippen LogP contribution in [0, 0.1) is 12.7 Å². The van der Waals surface area contributed by atoms with E-state index in [-0.39, 0.29) is 11.6 Å². The molecule has 0 N–H and O–H groups in total. The highest BCUT2D eigenvalue weighted by Gasteiger charge is 2.20. The number of rotatable bonds is 1. The number of ketones is 1. The van der Waals surface area contributed by atoms with Crippen molar-refractivity contribution in [3.63, 3.8) is 0 Å². The molecule has 0 unspecified atom stereocenters. The quantitative estimate of drug-likeness (QED) is 0.679. The van der Waals surface area contributed by atoms with Crippen molar-refractivity contribution in [2.45, 2.75) is 13.3 Å². The predicted octanol–water partition coefficient (Wildman–Crippen LogP) is 1.91. The standard InChI is InChI=1S/C11H12FNO/c1-8-2-3-9(12)6-11(8)13-5-4-10(14)7-13/h2-3,6H,4-5,7H2,1H3. The van der Waals surface area contributed by atoms with Gasteiger partial charge in [-0.1, -0.05) is 6.07 Å². The van der Waals surface area contributed by atoms with Gasteiger partial charge in [-0.2, -0.15) is 0 Å². The lowest BCUT2D eigenvalue weighted by molar-refractivity contribution is -0.116. The zero-order valence-electron chi connectivity index (χ0n) is 8.09. The Kier molecular flexibility index (Phi) is 2.23. The van der Waals surface area contributed by atoms with Crippen molar-refractivity contribution in [3.05, 3.63) is 29.6 Å². The average molecular weight is 193 g/mol. The molecule has 0 bridgehead atoms. The van der Waals surface area contributed by atoms with E-state index in [4.69, 9.17) is 0 Å². The lowest BCUT2D eigenvalue weighted by Gasteiger charge is -2.18. The third-order valence-corrected chi connectivity index (χ3v) is 2.54. The molecule has 0 saturated carbocycles. The summed E-state index contributed by atoms with van der Waals surface area (Å²) in [5, 5.41) is 0. The first-order valence-electron chi connectivity index (χ1n) is 4.69. The van der Waals surface area contributed by atoms with Gasteiger partial charge >= 0.3 is 0 Å². The van der Waals surface area contributed by atoms with Crippen LogP contribution in [0.5, 0.6) is 0 Å². The van der Waals surface area contributed by atoms with Crippen molar-refractivity contribution >= 4 is 11.5 Å². The molecule has 1 aromatic carbocycles. The Labute approximate surface area is 82.3 Å². The van der Waals surface area contributed by atoms with Crippen molar-refractivity contribution in [3.8, 4) is 0 Å². The lowest BCUT2D eigenvalue weighted by Crippen LogP contribution is -2.20. The van der Waals surface area contributed by atoms with Gasteiger partial charge in [0.25, 0.3) is 0 Å². The molecule has 14 heavy (non-hydrogen) atoms. The Morgan fingerprint density at radius 1 is 1.43 bits per heavy atom. The van der Waals surface area contributed by atoms with Gasteiger partial charge in [0.15, 0.2) is 5.78 Å². The number of anilines is 1. The first-order valence-corrected chi connectivity index (χ1v) is 4.69. The fourth-order valence-electron chi connectivity index (χ4n) is 1.76. The Bertz CT molecular complexity index is 376. The highest BCUT2D eigenvalue weighted by atomic mass is 19.1. The summed E-state index contributed by atoms with van der Waals surface area (Å²) in [7, 11) is 0. The highest BCUT2D eigenvalue weighted by molar-refractivity contribution is 5.87. The van der Waals surface area contributed by atoms with Crippen LogP contribution < -0.4 is 4.90 Å². The van der Waals surface area contributed by atoms with Gasteiger partial charge in [0.05, 0.1) is 6.54 Å². The van der Waals surface area contributed by atoms with E-state index < -0.39 is 0 Å². The SMILES string of the molecule is Cc1ccc(F)cc1N1CCC(=O)C1. The molecule has 3 heteroatoms. The predicted molar refractivity (Wildman–Crippen MR) is 53.0 cm³/mol. The number of Topliss-reactive ketones (excluding diaryl/α,β-unsaturated/α-hetero) is 1. The number of carbonyl (C=O) groups excluding carboxylic acids is 1. The molecule has 74 valence electrons. The van der Waals surface area contributed by atoms with Gasteiger partial charge in [0, 0.05) is 18.7 Å². The third-order valence-electron chi connectivity index (χ3n) is 2.54. The van der Waals surface area contributed by atoms with Gasteiger partial charge in [-0.3, -0.25) is 4.79 Å². The van der Waals surface area contributed by atoms with Crippen LogP contribution in [0.3, 0.4) is 0 Å². The monoisotopic (exact) mass is 193 g/mol. The number of hydrogen-bond acceptors (Lipinski definition) is 2. The number of benzene rings is 1. The molecule has 0 aromatic heterocycles. The topological polar surface area (TPSA) is 20.3 Å². The smallest absolute Gasteiger partial charge is 0.153 e. The van der Waals surface area contributed by atoms with Crippen LogP contribution in [0.1, 0.15) is 12.0 Å². The Balaban J connectivity index is 2.31. The number of carbonyl (C=O) groups is 1. The number of nitrogens with zero attached hydrogens (tertiary/aromatic N) is 1. The second kappa shape index (κ2) is 3.40. The van der Waals surface area contributed by atoms with E-state index in [1.807, 2.05) is 11.8 Å². The second-order valence-electron chi connectivity index (χ2n) is 3.64. The summed E-state index contributed by atoms with van der Waals surface area (Å²) in [6.07, 6.45) is 0.579. The molecule has 2 nitrogen and oxygen atoms in total. The molecule has 1 saturated heterocycles. The summed E-state index contributed by atoms with van der Waals surface area (Å²) < 4.78 is 13.0. The highest BCUT2D eigenvalue weighted by Crippen LogP contribution is 2.23. The van der Waals surface area contributed by atoms with Gasteiger partial charge in [0.2, 0.25) is 0 Å².